The van der Waals surface area contributed by atoms with E-state index < -0.39 is 9.84 Å². The van der Waals surface area contributed by atoms with Gasteiger partial charge in [0.2, 0.25) is 9.84 Å². The fraction of sp³-hybridized carbons (Fsp3) is 0.357. The lowest BCUT2D eigenvalue weighted by Gasteiger charge is -2.06. The van der Waals surface area contributed by atoms with Crippen LogP contribution in [-0.4, -0.2) is 19.2 Å². The SMILES string of the molecule is Cc1ccc(S(=O)(=O)c2ncsc2SCC(C)C)cc1. The number of benzene rings is 1. The maximum atomic E-state index is 12.6. The van der Waals surface area contributed by atoms with Crippen molar-refractivity contribution in [3.63, 3.8) is 0 Å². The van der Waals surface area contributed by atoms with Gasteiger partial charge in [-0.25, -0.2) is 13.4 Å². The van der Waals surface area contributed by atoms with Crippen LogP contribution in [0.3, 0.4) is 0 Å². The number of rotatable bonds is 5. The van der Waals surface area contributed by atoms with Crippen LogP contribution in [0, 0.1) is 12.8 Å². The monoisotopic (exact) mass is 327 g/mol. The highest BCUT2D eigenvalue weighted by molar-refractivity contribution is 8.02. The van der Waals surface area contributed by atoms with Crippen LogP contribution in [0.4, 0.5) is 0 Å². The van der Waals surface area contributed by atoms with Crippen LogP contribution in [-0.2, 0) is 9.84 Å². The maximum absolute atomic E-state index is 12.6. The van der Waals surface area contributed by atoms with E-state index in [-0.39, 0.29) is 5.03 Å². The van der Waals surface area contributed by atoms with E-state index in [1.165, 1.54) is 11.3 Å². The van der Waals surface area contributed by atoms with E-state index in [4.69, 9.17) is 0 Å². The van der Waals surface area contributed by atoms with Crippen molar-refractivity contribution in [3.8, 4) is 0 Å². The lowest BCUT2D eigenvalue weighted by molar-refractivity contribution is 0.591. The molecule has 2 aromatic rings. The number of aromatic nitrogens is 1. The molecule has 20 heavy (non-hydrogen) atoms. The Bertz CT molecular complexity index is 673. The van der Waals surface area contributed by atoms with Crippen LogP contribution in [0.25, 0.3) is 0 Å². The molecule has 0 unspecified atom stereocenters. The van der Waals surface area contributed by atoms with E-state index >= 15 is 0 Å². The first-order valence-electron chi connectivity index (χ1n) is 6.29. The molecule has 0 atom stereocenters. The van der Waals surface area contributed by atoms with E-state index in [2.05, 4.69) is 18.8 Å². The van der Waals surface area contributed by atoms with Crippen LogP contribution >= 0.6 is 23.1 Å². The zero-order valence-corrected chi connectivity index (χ0v) is 14.1. The van der Waals surface area contributed by atoms with Gasteiger partial charge in [-0.05, 0) is 25.0 Å². The average Bonchev–Trinajstić information content (AvgIpc) is 2.86. The van der Waals surface area contributed by atoms with Gasteiger partial charge in [-0.3, -0.25) is 0 Å². The maximum Gasteiger partial charge on any atom is 0.225 e. The Balaban J connectivity index is 2.35. The largest absolute Gasteiger partial charge is 0.232 e. The second-order valence-corrected chi connectivity index (χ2v) is 8.97. The lowest BCUT2D eigenvalue weighted by Crippen LogP contribution is -2.04. The van der Waals surface area contributed by atoms with Crippen LogP contribution in [0.15, 0.2) is 43.9 Å². The molecule has 0 aliphatic heterocycles. The summed E-state index contributed by atoms with van der Waals surface area (Å²) in [6.45, 7) is 6.16. The molecule has 1 aromatic heterocycles. The summed E-state index contributed by atoms with van der Waals surface area (Å²) in [6, 6.07) is 6.89. The van der Waals surface area contributed by atoms with Gasteiger partial charge in [0, 0.05) is 5.75 Å². The second kappa shape index (κ2) is 6.28. The van der Waals surface area contributed by atoms with E-state index in [1.807, 2.05) is 6.92 Å². The summed E-state index contributed by atoms with van der Waals surface area (Å²) >= 11 is 2.95. The Hall–Kier alpha value is -0.850. The number of thioether (sulfide) groups is 1. The van der Waals surface area contributed by atoms with Gasteiger partial charge in [0.15, 0.2) is 5.03 Å². The van der Waals surface area contributed by atoms with E-state index in [0.717, 1.165) is 15.5 Å². The van der Waals surface area contributed by atoms with Crippen LogP contribution in [0.2, 0.25) is 0 Å². The Morgan fingerprint density at radius 1 is 1.25 bits per heavy atom. The molecule has 0 fully saturated rings. The second-order valence-electron chi connectivity index (χ2n) is 4.97. The lowest BCUT2D eigenvalue weighted by atomic mass is 10.2. The molecular weight excluding hydrogens is 310 g/mol. The Morgan fingerprint density at radius 2 is 1.90 bits per heavy atom. The number of hydrogen-bond acceptors (Lipinski definition) is 5. The summed E-state index contributed by atoms with van der Waals surface area (Å²) in [4.78, 5) is 4.38. The van der Waals surface area contributed by atoms with Gasteiger partial charge in [0.1, 0.15) is 0 Å². The number of hydrogen-bond donors (Lipinski definition) is 0. The van der Waals surface area contributed by atoms with Gasteiger partial charge < -0.3 is 0 Å². The first-order chi connectivity index (χ1) is 9.41. The molecule has 1 aromatic carbocycles. The van der Waals surface area contributed by atoms with Gasteiger partial charge in [0.25, 0.3) is 0 Å². The third-order valence-electron chi connectivity index (χ3n) is 2.64. The first kappa shape index (κ1) is 15.5. The smallest absolute Gasteiger partial charge is 0.225 e. The van der Waals surface area contributed by atoms with Crippen molar-refractivity contribution in [2.24, 2.45) is 5.92 Å². The molecule has 2 rings (SSSR count). The zero-order valence-electron chi connectivity index (χ0n) is 11.7. The molecule has 0 amide bonds. The molecule has 0 radical (unpaired) electrons. The predicted molar refractivity (Wildman–Crippen MR) is 84.3 cm³/mol. The number of aryl methyl sites for hydroxylation is 1. The normalized spacial score (nSPS) is 12.0. The fourth-order valence-corrected chi connectivity index (χ4v) is 5.42. The number of nitrogens with zero attached hydrogens (tertiary/aromatic N) is 1. The third-order valence-corrected chi connectivity index (χ3v) is 7.16. The minimum atomic E-state index is -3.51. The molecule has 3 nitrogen and oxygen atoms in total. The Kier molecular flexibility index (Phi) is 4.88. The van der Waals surface area contributed by atoms with E-state index in [1.54, 1.807) is 41.5 Å². The highest BCUT2D eigenvalue weighted by atomic mass is 32.2. The highest BCUT2D eigenvalue weighted by Crippen LogP contribution is 2.34. The third kappa shape index (κ3) is 3.42. The molecule has 0 bridgehead atoms. The summed E-state index contributed by atoms with van der Waals surface area (Å²) < 4.78 is 26.0. The predicted octanol–water partition coefficient (Wildman–Crippen LogP) is 4.03. The van der Waals surface area contributed by atoms with Gasteiger partial charge in [-0.15, -0.1) is 23.1 Å². The molecule has 0 aliphatic rings. The summed E-state index contributed by atoms with van der Waals surface area (Å²) in [6.07, 6.45) is 0. The minimum absolute atomic E-state index is 0.192. The molecule has 108 valence electrons. The summed E-state index contributed by atoms with van der Waals surface area (Å²) in [7, 11) is -3.51. The molecule has 1 heterocycles. The van der Waals surface area contributed by atoms with Gasteiger partial charge in [-0.1, -0.05) is 31.5 Å². The first-order valence-corrected chi connectivity index (χ1v) is 9.64. The Labute approximate surface area is 128 Å². The van der Waals surface area contributed by atoms with Crippen molar-refractivity contribution >= 4 is 32.9 Å². The van der Waals surface area contributed by atoms with Gasteiger partial charge in [0.05, 0.1) is 14.6 Å². The van der Waals surface area contributed by atoms with E-state index in [9.17, 15) is 8.42 Å². The standard InChI is InChI=1S/C14H17NO2S3/c1-10(2)8-18-14-13(15-9-19-14)20(16,17)12-6-4-11(3)5-7-12/h4-7,9-10H,8H2,1-3H3. The average molecular weight is 327 g/mol. The molecule has 0 spiro atoms. The van der Waals surface area contributed by atoms with Gasteiger partial charge in [-0.2, -0.15) is 0 Å². The van der Waals surface area contributed by atoms with E-state index in [0.29, 0.717) is 10.8 Å². The Morgan fingerprint density at radius 3 is 2.50 bits per heavy atom. The summed E-state index contributed by atoms with van der Waals surface area (Å²) in [5.41, 5.74) is 2.64. The molecule has 0 saturated heterocycles. The minimum Gasteiger partial charge on any atom is -0.232 e. The van der Waals surface area contributed by atoms with Crippen molar-refractivity contribution < 1.29 is 8.42 Å². The fourth-order valence-electron chi connectivity index (χ4n) is 1.57. The molecular formula is C14H17NO2S3. The van der Waals surface area contributed by atoms with Crippen LogP contribution in [0.5, 0.6) is 0 Å². The summed E-state index contributed by atoms with van der Waals surface area (Å²) in [5.74, 6) is 1.40. The van der Waals surface area contributed by atoms with Gasteiger partial charge >= 0.3 is 0 Å². The zero-order chi connectivity index (χ0) is 14.8. The van der Waals surface area contributed by atoms with Crippen molar-refractivity contribution in [3.05, 3.63) is 35.3 Å². The highest BCUT2D eigenvalue weighted by Gasteiger charge is 2.24. The molecule has 6 heteroatoms. The molecule has 0 saturated carbocycles. The quantitative estimate of drug-likeness (QED) is 0.778. The molecule has 0 aliphatic carbocycles. The number of thiazole rings is 1. The van der Waals surface area contributed by atoms with Crippen molar-refractivity contribution in [1.82, 2.24) is 4.98 Å². The topological polar surface area (TPSA) is 47.0 Å². The van der Waals surface area contributed by atoms with Crippen LogP contribution < -0.4 is 0 Å². The van der Waals surface area contributed by atoms with Crippen molar-refractivity contribution in [2.45, 2.75) is 34.9 Å². The molecule has 0 N–H and O–H groups in total. The number of sulfone groups is 1. The van der Waals surface area contributed by atoms with Crippen molar-refractivity contribution in [2.75, 3.05) is 5.75 Å². The van der Waals surface area contributed by atoms with Crippen molar-refractivity contribution in [1.29, 1.82) is 0 Å². The summed E-state index contributed by atoms with van der Waals surface area (Å²) in [5, 5.41) is 0.192. The van der Waals surface area contributed by atoms with Crippen LogP contribution in [0.1, 0.15) is 19.4 Å².